The van der Waals surface area contributed by atoms with E-state index in [0.717, 1.165) is 61.7 Å². The minimum Gasteiger partial charge on any atom is -0.381 e. The maximum atomic E-state index is 12.8. The number of hydrogen-bond acceptors (Lipinski definition) is 5. The number of aromatic nitrogens is 3. The van der Waals surface area contributed by atoms with Gasteiger partial charge in [-0.15, -0.1) is 0 Å². The van der Waals surface area contributed by atoms with Gasteiger partial charge in [-0.25, -0.2) is 9.97 Å². The molecular formula is C19H25N5O2. The molecule has 0 aromatic carbocycles. The number of rotatable bonds is 3. The minimum atomic E-state index is 0.0807. The summed E-state index contributed by atoms with van der Waals surface area (Å²) < 4.78 is 7.31. The molecular weight excluding hydrogens is 330 g/mol. The molecule has 7 nitrogen and oxygen atoms in total. The molecule has 1 saturated heterocycles. The van der Waals surface area contributed by atoms with Gasteiger partial charge in [-0.2, -0.15) is 0 Å². The summed E-state index contributed by atoms with van der Waals surface area (Å²) in [6, 6.07) is 4.17. The third kappa shape index (κ3) is 3.44. The Balaban J connectivity index is 1.50. The predicted octanol–water partition coefficient (Wildman–Crippen LogP) is 1.65. The van der Waals surface area contributed by atoms with E-state index in [2.05, 4.69) is 15.3 Å². The van der Waals surface area contributed by atoms with Crippen LogP contribution >= 0.6 is 0 Å². The molecule has 2 aliphatic heterocycles. The van der Waals surface area contributed by atoms with Gasteiger partial charge < -0.3 is 19.5 Å². The fourth-order valence-electron chi connectivity index (χ4n) is 3.73. The molecule has 0 saturated carbocycles. The Bertz CT molecular complexity index is 782. The molecule has 1 amide bonds. The van der Waals surface area contributed by atoms with Gasteiger partial charge in [0.1, 0.15) is 17.8 Å². The van der Waals surface area contributed by atoms with Crippen molar-refractivity contribution in [2.75, 3.05) is 31.6 Å². The summed E-state index contributed by atoms with van der Waals surface area (Å²) in [7, 11) is 1.90. The molecule has 0 unspecified atom stereocenters. The van der Waals surface area contributed by atoms with Gasteiger partial charge >= 0.3 is 0 Å². The second-order valence-corrected chi connectivity index (χ2v) is 6.98. The molecule has 0 bridgehead atoms. The van der Waals surface area contributed by atoms with E-state index >= 15 is 0 Å². The zero-order valence-corrected chi connectivity index (χ0v) is 15.1. The number of nitrogens with one attached hydrogen (secondary N) is 1. The summed E-state index contributed by atoms with van der Waals surface area (Å²) in [5.41, 5.74) is 2.93. The zero-order valence-electron chi connectivity index (χ0n) is 15.1. The number of hydrogen-bond donors (Lipinski definition) is 1. The van der Waals surface area contributed by atoms with Crippen LogP contribution in [0.2, 0.25) is 0 Å². The summed E-state index contributed by atoms with van der Waals surface area (Å²) in [5.74, 6) is 1.01. The lowest BCUT2D eigenvalue weighted by atomic mass is 10.1. The Hall–Kier alpha value is -2.41. The van der Waals surface area contributed by atoms with E-state index in [0.29, 0.717) is 19.1 Å². The molecule has 2 aromatic heterocycles. The smallest absolute Gasteiger partial charge is 0.270 e. The van der Waals surface area contributed by atoms with Crippen molar-refractivity contribution in [3.63, 3.8) is 0 Å². The number of ether oxygens (including phenoxy) is 1. The average Bonchev–Trinajstić information content (AvgIpc) is 2.97. The van der Waals surface area contributed by atoms with Crippen LogP contribution in [0.4, 0.5) is 5.82 Å². The van der Waals surface area contributed by atoms with Gasteiger partial charge in [0.05, 0.1) is 5.69 Å². The monoisotopic (exact) mass is 355 g/mol. The first-order valence-corrected chi connectivity index (χ1v) is 9.30. The Kier molecular flexibility index (Phi) is 4.88. The van der Waals surface area contributed by atoms with Gasteiger partial charge in [-0.1, -0.05) is 0 Å². The van der Waals surface area contributed by atoms with Crippen LogP contribution in [-0.2, 0) is 24.6 Å². The first kappa shape index (κ1) is 17.0. The van der Waals surface area contributed by atoms with Crippen molar-refractivity contribution in [3.05, 3.63) is 41.6 Å². The molecule has 1 fully saturated rings. The number of anilines is 1. The zero-order chi connectivity index (χ0) is 17.9. The van der Waals surface area contributed by atoms with Crippen molar-refractivity contribution in [2.24, 2.45) is 7.05 Å². The molecule has 2 aromatic rings. The molecule has 0 radical (unpaired) electrons. The highest BCUT2D eigenvalue weighted by molar-refractivity contribution is 5.92. The van der Waals surface area contributed by atoms with E-state index in [1.54, 1.807) is 6.33 Å². The Morgan fingerprint density at radius 3 is 2.81 bits per heavy atom. The summed E-state index contributed by atoms with van der Waals surface area (Å²) in [4.78, 5) is 23.7. The molecule has 2 aliphatic rings. The fourth-order valence-corrected chi connectivity index (χ4v) is 3.73. The quantitative estimate of drug-likeness (QED) is 0.906. The molecule has 26 heavy (non-hydrogen) atoms. The SMILES string of the molecule is Cn1cccc1C(=O)N1CCc2ncnc(NC3CCOCC3)c2CC1. The lowest BCUT2D eigenvalue weighted by molar-refractivity contribution is 0.0753. The van der Waals surface area contributed by atoms with Crippen LogP contribution in [0.1, 0.15) is 34.6 Å². The van der Waals surface area contributed by atoms with E-state index in [1.807, 2.05) is 34.8 Å². The van der Waals surface area contributed by atoms with Gasteiger partial charge in [-0.05, 0) is 31.4 Å². The molecule has 1 N–H and O–H groups in total. The number of carbonyl (C=O) groups excluding carboxylic acids is 1. The topological polar surface area (TPSA) is 72.3 Å². The van der Waals surface area contributed by atoms with Gasteiger partial charge in [0.25, 0.3) is 5.91 Å². The van der Waals surface area contributed by atoms with Gasteiger partial charge in [0.15, 0.2) is 0 Å². The molecule has 138 valence electrons. The van der Waals surface area contributed by atoms with Gasteiger partial charge in [0.2, 0.25) is 0 Å². The largest absolute Gasteiger partial charge is 0.381 e. The van der Waals surface area contributed by atoms with Crippen LogP contribution in [0, 0.1) is 0 Å². The molecule has 4 heterocycles. The van der Waals surface area contributed by atoms with Crippen molar-refractivity contribution in [1.82, 2.24) is 19.4 Å². The van der Waals surface area contributed by atoms with Crippen molar-refractivity contribution >= 4 is 11.7 Å². The summed E-state index contributed by atoms with van der Waals surface area (Å²) in [6.45, 7) is 2.96. The van der Waals surface area contributed by atoms with Gasteiger partial charge in [-0.3, -0.25) is 4.79 Å². The van der Waals surface area contributed by atoms with Gasteiger partial charge in [0, 0.05) is 57.6 Å². The van der Waals surface area contributed by atoms with Crippen LogP contribution in [0.25, 0.3) is 0 Å². The second kappa shape index (κ2) is 7.45. The first-order chi connectivity index (χ1) is 12.7. The first-order valence-electron chi connectivity index (χ1n) is 9.30. The molecule has 0 atom stereocenters. The van der Waals surface area contributed by atoms with Crippen molar-refractivity contribution < 1.29 is 9.53 Å². The summed E-state index contributed by atoms with van der Waals surface area (Å²) in [6.07, 6.45) is 7.07. The predicted molar refractivity (Wildman–Crippen MR) is 98.2 cm³/mol. The number of fused-ring (bicyclic) bond motifs is 1. The van der Waals surface area contributed by atoms with Crippen molar-refractivity contribution in [1.29, 1.82) is 0 Å². The van der Waals surface area contributed by atoms with Crippen LogP contribution in [-0.4, -0.2) is 57.7 Å². The highest BCUT2D eigenvalue weighted by Gasteiger charge is 2.24. The van der Waals surface area contributed by atoms with Crippen LogP contribution < -0.4 is 5.32 Å². The minimum absolute atomic E-state index is 0.0807. The number of aryl methyl sites for hydroxylation is 1. The summed E-state index contributed by atoms with van der Waals surface area (Å²) in [5, 5.41) is 3.58. The van der Waals surface area contributed by atoms with E-state index in [1.165, 1.54) is 0 Å². The molecule has 0 aliphatic carbocycles. The van der Waals surface area contributed by atoms with Crippen LogP contribution in [0.15, 0.2) is 24.7 Å². The molecule has 0 spiro atoms. The fraction of sp³-hybridized carbons (Fsp3) is 0.526. The van der Waals surface area contributed by atoms with Crippen LogP contribution in [0.5, 0.6) is 0 Å². The number of carbonyl (C=O) groups is 1. The Morgan fingerprint density at radius 1 is 1.23 bits per heavy atom. The van der Waals surface area contributed by atoms with Crippen molar-refractivity contribution in [2.45, 2.75) is 31.7 Å². The second-order valence-electron chi connectivity index (χ2n) is 6.98. The lowest BCUT2D eigenvalue weighted by Gasteiger charge is -2.25. The maximum absolute atomic E-state index is 12.8. The normalized spacial score (nSPS) is 18.3. The number of amides is 1. The highest BCUT2D eigenvalue weighted by Crippen LogP contribution is 2.23. The third-order valence-electron chi connectivity index (χ3n) is 5.30. The van der Waals surface area contributed by atoms with E-state index in [9.17, 15) is 4.79 Å². The van der Waals surface area contributed by atoms with E-state index < -0.39 is 0 Å². The Morgan fingerprint density at radius 2 is 2.04 bits per heavy atom. The van der Waals surface area contributed by atoms with E-state index in [-0.39, 0.29) is 5.91 Å². The maximum Gasteiger partial charge on any atom is 0.270 e. The molecule has 7 heteroatoms. The standard InChI is InChI=1S/C19H25N5O2/c1-23-8-2-3-17(23)19(25)24-9-4-15-16(5-10-24)20-13-21-18(15)22-14-6-11-26-12-7-14/h2-3,8,13-14H,4-7,9-12H2,1H3,(H,20,21,22). The summed E-state index contributed by atoms with van der Waals surface area (Å²) >= 11 is 0. The van der Waals surface area contributed by atoms with Crippen molar-refractivity contribution in [3.8, 4) is 0 Å². The molecule has 4 rings (SSSR count). The van der Waals surface area contributed by atoms with Crippen LogP contribution in [0.3, 0.4) is 0 Å². The van der Waals surface area contributed by atoms with E-state index in [4.69, 9.17) is 4.74 Å². The third-order valence-corrected chi connectivity index (χ3v) is 5.30. The number of nitrogens with zero attached hydrogens (tertiary/aromatic N) is 4. The highest BCUT2D eigenvalue weighted by atomic mass is 16.5. The Labute approximate surface area is 153 Å². The average molecular weight is 355 g/mol. The lowest BCUT2D eigenvalue weighted by Crippen LogP contribution is -2.34.